The van der Waals surface area contributed by atoms with E-state index >= 15 is 0 Å². The largest absolute Gasteiger partial charge is 0.491 e. The number of aldehydes is 1. The van der Waals surface area contributed by atoms with Crippen LogP contribution in [0.5, 0.6) is 5.75 Å². The second kappa shape index (κ2) is 7.44. The Balaban J connectivity index is 1.72. The van der Waals surface area contributed by atoms with Gasteiger partial charge in [0.05, 0.1) is 17.7 Å². The number of benzene rings is 1. The van der Waals surface area contributed by atoms with Crippen LogP contribution in [0.1, 0.15) is 33.6 Å². The Hall–Kier alpha value is -3.07. The molecule has 0 spiro atoms. The molecule has 1 aromatic rings. The maximum absolute atomic E-state index is 12.6. The number of hydrogen-bond acceptors (Lipinski definition) is 7. The first-order valence-corrected chi connectivity index (χ1v) is 8.02. The number of imide groups is 2. The number of piperidine rings is 1. The molecule has 26 heavy (non-hydrogen) atoms. The van der Waals surface area contributed by atoms with Crippen molar-refractivity contribution in [3.05, 3.63) is 29.3 Å². The van der Waals surface area contributed by atoms with Crippen molar-refractivity contribution in [3.63, 3.8) is 0 Å². The van der Waals surface area contributed by atoms with Gasteiger partial charge in [0.15, 0.2) is 0 Å². The molecule has 0 bridgehead atoms. The first kappa shape index (κ1) is 17.7. The van der Waals surface area contributed by atoms with Crippen LogP contribution in [0.2, 0.25) is 0 Å². The van der Waals surface area contributed by atoms with Crippen molar-refractivity contribution in [3.8, 4) is 5.75 Å². The predicted octanol–water partition coefficient (Wildman–Crippen LogP) is -0.318. The summed E-state index contributed by atoms with van der Waals surface area (Å²) in [5, 5.41) is 2.14. The van der Waals surface area contributed by atoms with Crippen LogP contribution >= 0.6 is 0 Å². The zero-order valence-electron chi connectivity index (χ0n) is 13.7. The van der Waals surface area contributed by atoms with Crippen molar-refractivity contribution in [1.82, 2.24) is 10.2 Å². The minimum absolute atomic E-state index is 0.0263. The quantitative estimate of drug-likeness (QED) is 0.402. The van der Waals surface area contributed by atoms with Gasteiger partial charge >= 0.3 is 0 Å². The van der Waals surface area contributed by atoms with E-state index in [1.807, 2.05) is 0 Å². The maximum atomic E-state index is 12.6. The van der Waals surface area contributed by atoms with Crippen LogP contribution in [0.3, 0.4) is 0 Å². The van der Waals surface area contributed by atoms with Crippen LogP contribution in [0.15, 0.2) is 18.2 Å². The van der Waals surface area contributed by atoms with Gasteiger partial charge in [-0.25, -0.2) is 0 Å². The topological polar surface area (TPSA) is 119 Å². The van der Waals surface area contributed by atoms with Crippen LogP contribution in [0.4, 0.5) is 0 Å². The lowest BCUT2D eigenvalue weighted by Crippen LogP contribution is -2.54. The van der Waals surface area contributed by atoms with Gasteiger partial charge in [-0.05, 0) is 24.6 Å². The zero-order chi connectivity index (χ0) is 18.7. The minimum Gasteiger partial charge on any atom is -0.491 e. The number of hydrogen-bond donors (Lipinski definition) is 1. The van der Waals surface area contributed by atoms with E-state index in [2.05, 4.69) is 5.32 Å². The molecule has 1 N–H and O–H groups in total. The predicted molar refractivity (Wildman–Crippen MR) is 85.5 cm³/mol. The van der Waals surface area contributed by atoms with Gasteiger partial charge in [0.1, 0.15) is 31.3 Å². The molecule has 136 valence electrons. The third-order valence-electron chi connectivity index (χ3n) is 4.09. The Kier molecular flexibility index (Phi) is 5.08. The van der Waals surface area contributed by atoms with Crippen molar-refractivity contribution in [2.75, 3.05) is 19.8 Å². The van der Waals surface area contributed by atoms with Crippen molar-refractivity contribution in [2.24, 2.45) is 0 Å². The molecule has 0 aromatic heterocycles. The summed E-state index contributed by atoms with van der Waals surface area (Å²) in [6.45, 7) is 0.345. The molecule has 0 radical (unpaired) electrons. The van der Waals surface area contributed by atoms with Gasteiger partial charge in [-0.2, -0.15) is 0 Å². The summed E-state index contributed by atoms with van der Waals surface area (Å²) in [6.07, 6.45) is 0.801. The van der Waals surface area contributed by atoms with Gasteiger partial charge in [-0.15, -0.1) is 0 Å². The summed E-state index contributed by atoms with van der Waals surface area (Å²) in [6, 6.07) is 3.43. The molecular weight excluding hydrogens is 344 g/mol. The Labute approximate surface area is 148 Å². The molecule has 2 aliphatic rings. The number of ether oxygens (including phenoxy) is 2. The van der Waals surface area contributed by atoms with E-state index in [-0.39, 0.29) is 43.8 Å². The lowest BCUT2D eigenvalue weighted by Gasteiger charge is -2.27. The highest BCUT2D eigenvalue weighted by atomic mass is 16.5. The van der Waals surface area contributed by atoms with Gasteiger partial charge in [0.2, 0.25) is 11.8 Å². The lowest BCUT2D eigenvalue weighted by atomic mass is 10.0. The van der Waals surface area contributed by atoms with Crippen LogP contribution < -0.4 is 10.1 Å². The summed E-state index contributed by atoms with van der Waals surface area (Å²) < 4.78 is 10.4. The number of fused-ring (bicyclic) bond motifs is 1. The first-order chi connectivity index (χ1) is 12.5. The van der Waals surface area contributed by atoms with Crippen molar-refractivity contribution >= 4 is 29.9 Å². The molecule has 0 saturated carbocycles. The molecule has 1 aromatic carbocycles. The second-order valence-corrected chi connectivity index (χ2v) is 5.74. The van der Waals surface area contributed by atoms with Gasteiger partial charge in [0, 0.05) is 6.42 Å². The standard InChI is InChI=1S/C17H16N2O7/c20-5-6-25-7-8-26-10-1-2-11-12(9-10)17(24)19(16(11)23)13-3-4-14(21)18-15(13)22/h1-2,5,9,13H,3-4,6-8H2,(H,18,21,22). The summed E-state index contributed by atoms with van der Waals surface area (Å²) >= 11 is 0. The van der Waals surface area contributed by atoms with E-state index in [4.69, 9.17) is 9.47 Å². The average molecular weight is 360 g/mol. The molecule has 1 unspecified atom stereocenters. The van der Waals surface area contributed by atoms with Crippen molar-refractivity contribution < 1.29 is 33.4 Å². The van der Waals surface area contributed by atoms with Crippen molar-refractivity contribution in [1.29, 1.82) is 0 Å². The monoisotopic (exact) mass is 360 g/mol. The van der Waals surface area contributed by atoms with Gasteiger partial charge < -0.3 is 14.3 Å². The Bertz CT molecular complexity index is 789. The van der Waals surface area contributed by atoms with Gasteiger partial charge in [0.25, 0.3) is 11.8 Å². The molecule has 4 amide bonds. The molecule has 3 rings (SSSR count). The average Bonchev–Trinajstić information content (AvgIpc) is 2.86. The van der Waals surface area contributed by atoms with E-state index in [0.29, 0.717) is 12.0 Å². The molecule has 1 saturated heterocycles. The second-order valence-electron chi connectivity index (χ2n) is 5.74. The molecule has 0 aliphatic carbocycles. The normalized spacial score (nSPS) is 19.4. The summed E-state index contributed by atoms with van der Waals surface area (Å²) in [4.78, 5) is 59.4. The van der Waals surface area contributed by atoms with Crippen LogP contribution in [-0.4, -0.2) is 60.7 Å². The smallest absolute Gasteiger partial charge is 0.262 e. The Morgan fingerprint density at radius 1 is 1.12 bits per heavy atom. The van der Waals surface area contributed by atoms with E-state index in [9.17, 15) is 24.0 Å². The lowest BCUT2D eigenvalue weighted by molar-refractivity contribution is -0.136. The van der Waals surface area contributed by atoms with E-state index in [0.717, 1.165) is 4.90 Å². The van der Waals surface area contributed by atoms with E-state index in [1.165, 1.54) is 18.2 Å². The van der Waals surface area contributed by atoms with Crippen LogP contribution in [0, 0.1) is 0 Å². The number of rotatable bonds is 7. The SMILES string of the molecule is O=CCOCCOc1ccc2c(c1)C(=O)N(C1CCC(=O)NC1=O)C2=O. The fourth-order valence-electron chi connectivity index (χ4n) is 2.89. The Morgan fingerprint density at radius 2 is 1.88 bits per heavy atom. The van der Waals surface area contributed by atoms with Crippen LogP contribution in [-0.2, 0) is 19.1 Å². The molecule has 2 aliphatic heterocycles. The summed E-state index contributed by atoms with van der Waals surface area (Å²) in [7, 11) is 0. The highest BCUT2D eigenvalue weighted by Gasteiger charge is 2.44. The number of carbonyl (C=O) groups is 5. The Morgan fingerprint density at radius 3 is 2.62 bits per heavy atom. The highest BCUT2D eigenvalue weighted by molar-refractivity contribution is 6.23. The zero-order valence-corrected chi connectivity index (χ0v) is 13.7. The summed E-state index contributed by atoms with van der Waals surface area (Å²) in [5.41, 5.74) is 0.329. The van der Waals surface area contributed by atoms with Crippen LogP contribution in [0.25, 0.3) is 0 Å². The molecule has 9 heteroatoms. The van der Waals surface area contributed by atoms with Gasteiger partial charge in [-0.1, -0.05) is 0 Å². The molecule has 1 atom stereocenters. The highest BCUT2D eigenvalue weighted by Crippen LogP contribution is 2.30. The van der Waals surface area contributed by atoms with E-state index < -0.39 is 29.7 Å². The fraction of sp³-hybridized carbons (Fsp3) is 0.353. The number of amides is 4. The number of nitrogens with one attached hydrogen (secondary N) is 1. The van der Waals surface area contributed by atoms with Crippen molar-refractivity contribution in [2.45, 2.75) is 18.9 Å². The fourth-order valence-corrected chi connectivity index (χ4v) is 2.89. The molecule has 1 fully saturated rings. The third kappa shape index (κ3) is 3.33. The van der Waals surface area contributed by atoms with Gasteiger partial charge in [-0.3, -0.25) is 29.4 Å². The minimum atomic E-state index is -0.999. The molecule has 9 nitrogen and oxygen atoms in total. The maximum Gasteiger partial charge on any atom is 0.262 e. The number of nitrogens with zero attached hydrogens (tertiary/aromatic N) is 1. The first-order valence-electron chi connectivity index (χ1n) is 8.02. The third-order valence-corrected chi connectivity index (χ3v) is 4.09. The number of carbonyl (C=O) groups excluding carboxylic acids is 5. The molecular formula is C17H16N2O7. The molecule has 2 heterocycles. The summed E-state index contributed by atoms with van der Waals surface area (Å²) in [5.74, 6) is -1.87. The van der Waals surface area contributed by atoms with E-state index in [1.54, 1.807) is 0 Å².